The minimum atomic E-state index is -0.449. The molecule has 0 atom stereocenters. The summed E-state index contributed by atoms with van der Waals surface area (Å²) in [5, 5.41) is 37.8. The Hall–Kier alpha value is -4.20. The fourth-order valence-corrected chi connectivity index (χ4v) is 5.62. The molecule has 0 aliphatic carbocycles. The Kier molecular flexibility index (Phi) is 7.40. The molecule has 0 radical (unpaired) electrons. The summed E-state index contributed by atoms with van der Waals surface area (Å²) in [6.45, 7) is 3.91. The molecule has 0 fully saturated rings. The van der Waals surface area contributed by atoms with Crippen LogP contribution in [0.3, 0.4) is 0 Å². The van der Waals surface area contributed by atoms with Gasteiger partial charge in [-0.3, -0.25) is 0 Å². The number of aromatic hydroxyl groups is 3. The van der Waals surface area contributed by atoms with Crippen molar-refractivity contribution >= 4 is 47.0 Å². The third-order valence-electron chi connectivity index (χ3n) is 6.07. The Labute approximate surface area is 229 Å². The molecule has 0 aliphatic rings. The van der Waals surface area contributed by atoms with Gasteiger partial charge in [0.1, 0.15) is 27.3 Å². The van der Waals surface area contributed by atoms with Gasteiger partial charge in [0.25, 0.3) is 0 Å². The Morgan fingerprint density at radius 2 is 1.11 bits per heavy atom. The van der Waals surface area contributed by atoms with Crippen molar-refractivity contribution in [3.05, 3.63) is 121 Å². The molecule has 7 heteroatoms. The van der Waals surface area contributed by atoms with E-state index in [1.807, 2.05) is 73.2 Å². The number of hydrogen-bond donors (Lipinski definition) is 3. The summed E-state index contributed by atoms with van der Waals surface area (Å²) in [4.78, 5) is 8.88. The van der Waals surface area contributed by atoms with E-state index in [0.29, 0.717) is 11.1 Å². The van der Waals surface area contributed by atoms with E-state index in [1.165, 1.54) is 0 Å². The first-order valence-electron chi connectivity index (χ1n) is 12.0. The van der Waals surface area contributed by atoms with Crippen LogP contribution >= 0.6 is 22.7 Å². The molecule has 3 N–H and O–H groups in total. The first-order valence-corrected chi connectivity index (χ1v) is 13.8. The van der Waals surface area contributed by atoms with Crippen LogP contribution < -0.4 is 0 Å². The summed E-state index contributed by atoms with van der Waals surface area (Å²) in [5.74, 6) is -0.0715. The number of phenolic OH excluding ortho intramolecular Hbond substituents is 3. The lowest BCUT2D eigenvalue weighted by molar-refractivity contribution is 0.458. The van der Waals surface area contributed by atoms with Gasteiger partial charge in [0.05, 0.1) is 0 Å². The van der Waals surface area contributed by atoms with Crippen molar-refractivity contribution in [2.45, 2.75) is 19.8 Å². The van der Waals surface area contributed by atoms with Crippen LogP contribution in [0, 0.1) is 13.8 Å². The largest absolute Gasteiger partial charge is 0.508 e. The maximum atomic E-state index is 11.1. The minimum Gasteiger partial charge on any atom is -0.508 e. The zero-order valence-electron chi connectivity index (χ0n) is 20.9. The highest BCUT2D eigenvalue weighted by Crippen LogP contribution is 2.41. The van der Waals surface area contributed by atoms with Gasteiger partial charge in [-0.05, 0) is 67.0 Å². The third kappa shape index (κ3) is 5.85. The van der Waals surface area contributed by atoms with Gasteiger partial charge in [-0.25, -0.2) is 9.97 Å². The molecule has 2 heterocycles. The topological polar surface area (TPSA) is 86.5 Å². The average Bonchev–Trinajstić information content (AvgIpc) is 3.52. The molecule has 0 amide bonds. The maximum absolute atomic E-state index is 11.1. The summed E-state index contributed by atoms with van der Waals surface area (Å²) in [6.07, 6.45) is 7.68. The zero-order chi connectivity index (χ0) is 26.6. The van der Waals surface area contributed by atoms with Gasteiger partial charge in [0, 0.05) is 39.2 Å². The van der Waals surface area contributed by atoms with Crippen LogP contribution in [-0.4, -0.2) is 25.3 Å². The van der Waals surface area contributed by atoms with Gasteiger partial charge < -0.3 is 15.3 Å². The fourth-order valence-electron chi connectivity index (χ4n) is 4.24. The predicted molar refractivity (Wildman–Crippen MR) is 157 cm³/mol. The quantitative estimate of drug-likeness (QED) is 0.184. The Balaban J connectivity index is 1.50. The molecule has 3 aromatic carbocycles. The minimum absolute atomic E-state index is 0.114. The first kappa shape index (κ1) is 25.4. The molecule has 0 bridgehead atoms. The molecule has 0 aliphatic heterocycles. The Morgan fingerprint density at radius 1 is 0.632 bits per heavy atom. The predicted octanol–water partition coefficient (Wildman–Crippen LogP) is 7.85. The normalized spacial score (nSPS) is 12.5. The maximum Gasteiger partial charge on any atom is 0.120 e. The van der Waals surface area contributed by atoms with Gasteiger partial charge in [-0.1, -0.05) is 48.6 Å². The highest BCUT2D eigenvalue weighted by molar-refractivity contribution is 7.10. The van der Waals surface area contributed by atoms with Crippen LogP contribution in [0.1, 0.15) is 55.1 Å². The first-order chi connectivity index (χ1) is 18.4. The average molecular weight is 539 g/mol. The number of aryl methyl sites for hydroxylation is 2. The van der Waals surface area contributed by atoms with Crippen molar-refractivity contribution in [3.8, 4) is 17.2 Å². The summed E-state index contributed by atoms with van der Waals surface area (Å²) in [7, 11) is 0. The Bertz CT molecular complexity index is 1530. The standard InChI is InChI=1S/C31H26N2O3S2/c1-19-17-37-29(32-19)13-5-21-3-11-25(27(35)15-21)31(23-7-9-24(34)10-8-23)26-12-4-22(16-28(26)36)6-14-30-33-20(2)18-38-30/h3-18,31,34-36H,1-2H3. The zero-order valence-corrected chi connectivity index (χ0v) is 22.5. The Morgan fingerprint density at radius 3 is 1.50 bits per heavy atom. The lowest BCUT2D eigenvalue weighted by atomic mass is 9.83. The molecular weight excluding hydrogens is 512 g/mol. The SMILES string of the molecule is Cc1csc(C=Cc2ccc(C(c3ccc(O)cc3)c3ccc(C=Cc4nc(C)cs4)cc3O)c(O)c2)n1. The van der Waals surface area contributed by atoms with Gasteiger partial charge in [0.15, 0.2) is 0 Å². The van der Waals surface area contributed by atoms with E-state index >= 15 is 0 Å². The van der Waals surface area contributed by atoms with E-state index in [0.717, 1.165) is 38.1 Å². The number of rotatable bonds is 7. The van der Waals surface area contributed by atoms with Crippen LogP contribution in [0.2, 0.25) is 0 Å². The molecule has 0 spiro atoms. The lowest BCUT2D eigenvalue weighted by Gasteiger charge is -2.21. The number of aromatic nitrogens is 2. The number of hydrogen-bond acceptors (Lipinski definition) is 7. The van der Waals surface area contributed by atoms with E-state index in [4.69, 9.17) is 0 Å². The van der Waals surface area contributed by atoms with E-state index in [9.17, 15) is 15.3 Å². The van der Waals surface area contributed by atoms with Crippen LogP contribution in [0.15, 0.2) is 71.4 Å². The van der Waals surface area contributed by atoms with Crippen molar-refractivity contribution in [1.82, 2.24) is 9.97 Å². The summed E-state index contributed by atoms with van der Waals surface area (Å²) in [5.41, 5.74) is 5.76. The van der Waals surface area contributed by atoms with E-state index in [-0.39, 0.29) is 17.2 Å². The van der Waals surface area contributed by atoms with Crippen molar-refractivity contribution in [2.24, 2.45) is 0 Å². The van der Waals surface area contributed by atoms with Crippen molar-refractivity contribution < 1.29 is 15.3 Å². The smallest absolute Gasteiger partial charge is 0.120 e. The van der Waals surface area contributed by atoms with Gasteiger partial charge in [-0.2, -0.15) is 0 Å². The molecule has 0 saturated carbocycles. The number of phenols is 3. The summed E-state index contributed by atoms with van der Waals surface area (Å²) < 4.78 is 0. The molecule has 38 heavy (non-hydrogen) atoms. The van der Waals surface area contributed by atoms with Crippen molar-refractivity contribution in [1.29, 1.82) is 0 Å². The lowest BCUT2D eigenvalue weighted by Crippen LogP contribution is -2.04. The van der Waals surface area contributed by atoms with Crippen LogP contribution in [0.25, 0.3) is 24.3 Å². The highest BCUT2D eigenvalue weighted by Gasteiger charge is 2.23. The molecule has 5 nitrogen and oxygen atoms in total. The molecule has 0 unspecified atom stereocenters. The second kappa shape index (κ2) is 11.0. The third-order valence-corrected chi connectivity index (χ3v) is 7.92. The van der Waals surface area contributed by atoms with Crippen LogP contribution in [0.4, 0.5) is 0 Å². The molecule has 0 saturated heterocycles. The van der Waals surface area contributed by atoms with Crippen molar-refractivity contribution in [2.75, 3.05) is 0 Å². The molecule has 5 rings (SSSR count). The summed E-state index contributed by atoms with van der Waals surface area (Å²) >= 11 is 3.13. The van der Waals surface area contributed by atoms with Crippen LogP contribution in [-0.2, 0) is 0 Å². The van der Waals surface area contributed by atoms with E-state index in [2.05, 4.69) is 9.97 Å². The summed E-state index contributed by atoms with van der Waals surface area (Å²) in [6, 6.07) is 17.9. The van der Waals surface area contributed by atoms with Crippen molar-refractivity contribution in [3.63, 3.8) is 0 Å². The van der Waals surface area contributed by atoms with E-state index < -0.39 is 5.92 Å². The van der Waals surface area contributed by atoms with E-state index in [1.54, 1.807) is 59.1 Å². The number of benzene rings is 3. The molecule has 190 valence electrons. The fraction of sp³-hybridized carbons (Fsp3) is 0.0968. The van der Waals surface area contributed by atoms with Gasteiger partial charge >= 0.3 is 0 Å². The number of nitrogens with zero attached hydrogens (tertiary/aromatic N) is 2. The molecular formula is C31H26N2O3S2. The van der Waals surface area contributed by atoms with Gasteiger partial charge in [0.2, 0.25) is 0 Å². The van der Waals surface area contributed by atoms with Gasteiger partial charge in [-0.15, -0.1) is 22.7 Å². The highest BCUT2D eigenvalue weighted by atomic mass is 32.1. The monoisotopic (exact) mass is 538 g/mol. The van der Waals surface area contributed by atoms with Crippen LogP contribution in [0.5, 0.6) is 17.2 Å². The second-order valence-electron chi connectivity index (χ2n) is 8.98. The molecule has 5 aromatic rings. The number of thiazole rings is 2. The molecule has 2 aromatic heterocycles. The second-order valence-corrected chi connectivity index (χ2v) is 10.8.